The van der Waals surface area contributed by atoms with Crippen LogP contribution in [-0.4, -0.2) is 37.7 Å². The molecule has 0 saturated carbocycles. The molecule has 1 atom stereocenters. The predicted octanol–water partition coefficient (Wildman–Crippen LogP) is 4.11. The van der Waals surface area contributed by atoms with Gasteiger partial charge in [0.05, 0.1) is 22.5 Å². The van der Waals surface area contributed by atoms with Crippen LogP contribution in [0.1, 0.15) is 29.4 Å². The molecule has 0 fully saturated rings. The molecule has 0 aliphatic carbocycles. The van der Waals surface area contributed by atoms with Crippen molar-refractivity contribution in [2.45, 2.75) is 19.4 Å². The second kappa shape index (κ2) is 8.89. The van der Waals surface area contributed by atoms with E-state index in [1.165, 1.54) is 36.7 Å². The van der Waals surface area contributed by atoms with E-state index in [-0.39, 0.29) is 41.3 Å². The van der Waals surface area contributed by atoms with Crippen molar-refractivity contribution in [3.63, 3.8) is 0 Å². The van der Waals surface area contributed by atoms with Crippen LogP contribution in [0, 0.1) is 11.2 Å². The lowest BCUT2D eigenvalue weighted by atomic mass is 10.0. The maximum Gasteiger partial charge on any atom is 0.251 e. The van der Waals surface area contributed by atoms with Crippen LogP contribution in [0.5, 0.6) is 5.75 Å². The molecule has 0 unspecified atom stereocenters. The lowest BCUT2D eigenvalue weighted by Crippen LogP contribution is -2.34. The number of carbonyl (C=O) groups is 1. The fraction of sp³-hybridized carbons (Fsp3) is 0.125. The van der Waals surface area contributed by atoms with Gasteiger partial charge in [-0.3, -0.25) is 9.78 Å². The number of fused-ring (bicyclic) bond motifs is 1. The smallest absolute Gasteiger partial charge is 0.251 e. The van der Waals surface area contributed by atoms with E-state index in [9.17, 15) is 14.3 Å². The zero-order valence-corrected chi connectivity index (χ0v) is 17.2. The summed E-state index contributed by atoms with van der Waals surface area (Å²) in [4.78, 5) is 25.2. The molecule has 7 nitrogen and oxygen atoms in total. The predicted molar refractivity (Wildman–Crippen MR) is 119 cm³/mol. The molecular formula is C24H20FN5O2. The van der Waals surface area contributed by atoms with Crippen LogP contribution >= 0.6 is 0 Å². The summed E-state index contributed by atoms with van der Waals surface area (Å²) in [6, 6.07) is 13.5. The zero-order valence-electron chi connectivity index (χ0n) is 17.2. The van der Waals surface area contributed by atoms with Gasteiger partial charge in [-0.05, 0) is 49.4 Å². The van der Waals surface area contributed by atoms with Gasteiger partial charge in [-0.1, -0.05) is 12.1 Å². The Balaban J connectivity index is 1.66. The molecule has 0 bridgehead atoms. The first-order valence-electron chi connectivity index (χ1n) is 9.96. The summed E-state index contributed by atoms with van der Waals surface area (Å²) >= 11 is 0. The van der Waals surface area contributed by atoms with E-state index < -0.39 is 5.82 Å². The second-order valence-corrected chi connectivity index (χ2v) is 7.37. The summed E-state index contributed by atoms with van der Waals surface area (Å²) in [6.45, 7) is 1.78. The summed E-state index contributed by atoms with van der Waals surface area (Å²) in [6.07, 6.45) is 3.23. The number of para-hydroxylation sites is 1. The van der Waals surface area contributed by atoms with Crippen LogP contribution in [0.15, 0.2) is 67.0 Å². The molecule has 0 aliphatic rings. The van der Waals surface area contributed by atoms with E-state index in [1.807, 2.05) is 0 Å². The van der Waals surface area contributed by atoms with Crippen LogP contribution in [0.3, 0.4) is 0 Å². The molecule has 4 aromatic rings. The molecule has 2 aromatic heterocycles. The van der Waals surface area contributed by atoms with Crippen molar-refractivity contribution < 1.29 is 14.3 Å². The topological polar surface area (TPSA) is 112 Å². The number of aromatic hydroxyl groups is 1. The average molecular weight is 429 g/mol. The standard InChI is InChI=1S/C24H20FN5O2/c1-14(28-24(32)15-8-10-27-11-9-15)12-19(26)22-18-13-16(25)6-7-20(18)29-23(30-22)17-4-2-3-5-21(17)31/h2-11,13-14,26,31H,12H2,1H3,(H,28,32)/t14-/m1/s1. The van der Waals surface area contributed by atoms with E-state index in [1.54, 1.807) is 37.3 Å². The van der Waals surface area contributed by atoms with E-state index in [0.29, 0.717) is 22.0 Å². The highest BCUT2D eigenvalue weighted by atomic mass is 19.1. The van der Waals surface area contributed by atoms with Gasteiger partial charge in [-0.25, -0.2) is 14.4 Å². The molecule has 8 heteroatoms. The number of rotatable bonds is 6. The van der Waals surface area contributed by atoms with E-state index in [2.05, 4.69) is 20.3 Å². The molecule has 4 rings (SSSR count). The number of pyridine rings is 1. The number of amides is 1. The van der Waals surface area contributed by atoms with Crippen molar-refractivity contribution in [1.82, 2.24) is 20.3 Å². The molecular weight excluding hydrogens is 409 g/mol. The Kier molecular flexibility index (Phi) is 5.85. The Labute approximate surface area is 183 Å². The number of carbonyl (C=O) groups excluding carboxylic acids is 1. The van der Waals surface area contributed by atoms with E-state index in [4.69, 9.17) is 5.41 Å². The average Bonchev–Trinajstić information content (AvgIpc) is 2.79. The molecule has 32 heavy (non-hydrogen) atoms. The molecule has 1 amide bonds. The number of nitrogens with zero attached hydrogens (tertiary/aromatic N) is 3. The SMILES string of the molecule is C[C@H](CC(=N)c1nc(-c2ccccc2O)nc2ccc(F)cc12)NC(=O)c1ccncc1. The van der Waals surface area contributed by atoms with Gasteiger partial charge >= 0.3 is 0 Å². The minimum absolute atomic E-state index is 0.00410. The van der Waals surface area contributed by atoms with Crippen molar-refractivity contribution in [2.75, 3.05) is 0 Å². The number of aromatic nitrogens is 3. The molecule has 2 heterocycles. The van der Waals surface area contributed by atoms with Gasteiger partial charge in [0, 0.05) is 35.8 Å². The van der Waals surface area contributed by atoms with Gasteiger partial charge in [0.2, 0.25) is 0 Å². The van der Waals surface area contributed by atoms with Crippen LogP contribution in [-0.2, 0) is 0 Å². The third-order valence-corrected chi connectivity index (χ3v) is 4.92. The van der Waals surface area contributed by atoms with Gasteiger partial charge in [0.15, 0.2) is 5.82 Å². The molecule has 0 saturated heterocycles. The Morgan fingerprint density at radius 3 is 2.62 bits per heavy atom. The number of nitrogens with one attached hydrogen (secondary N) is 2. The van der Waals surface area contributed by atoms with Crippen molar-refractivity contribution in [3.05, 3.63) is 84.1 Å². The summed E-state index contributed by atoms with van der Waals surface area (Å²) in [7, 11) is 0. The maximum atomic E-state index is 14.0. The number of phenolic OH excluding ortho intramolecular Hbond substituents is 1. The fourth-order valence-corrected chi connectivity index (χ4v) is 3.38. The summed E-state index contributed by atoms with van der Waals surface area (Å²) in [5, 5.41) is 22.1. The summed E-state index contributed by atoms with van der Waals surface area (Å²) in [5.74, 6) is -0.509. The Morgan fingerprint density at radius 1 is 1.12 bits per heavy atom. The maximum absolute atomic E-state index is 14.0. The van der Waals surface area contributed by atoms with Gasteiger partial charge in [0.25, 0.3) is 5.91 Å². The van der Waals surface area contributed by atoms with E-state index in [0.717, 1.165) is 0 Å². The number of halogens is 1. The van der Waals surface area contributed by atoms with Crippen LogP contribution < -0.4 is 5.32 Å². The number of hydrogen-bond donors (Lipinski definition) is 3. The fourth-order valence-electron chi connectivity index (χ4n) is 3.38. The van der Waals surface area contributed by atoms with Crippen LogP contribution in [0.2, 0.25) is 0 Å². The number of hydrogen-bond acceptors (Lipinski definition) is 6. The first-order valence-corrected chi connectivity index (χ1v) is 9.96. The second-order valence-electron chi connectivity index (χ2n) is 7.37. The first-order chi connectivity index (χ1) is 15.4. The lowest BCUT2D eigenvalue weighted by Gasteiger charge is -2.16. The highest BCUT2D eigenvalue weighted by Gasteiger charge is 2.18. The molecule has 3 N–H and O–H groups in total. The Bertz CT molecular complexity index is 1310. The zero-order chi connectivity index (χ0) is 22.7. The number of benzene rings is 2. The highest BCUT2D eigenvalue weighted by molar-refractivity contribution is 6.08. The van der Waals surface area contributed by atoms with Gasteiger partial charge < -0.3 is 15.8 Å². The monoisotopic (exact) mass is 429 g/mol. The Hall–Kier alpha value is -4.20. The quantitative estimate of drug-likeness (QED) is 0.399. The molecule has 2 aromatic carbocycles. The van der Waals surface area contributed by atoms with Crippen LogP contribution in [0.25, 0.3) is 22.3 Å². The van der Waals surface area contributed by atoms with Crippen molar-refractivity contribution in [1.29, 1.82) is 5.41 Å². The van der Waals surface area contributed by atoms with Gasteiger partial charge in [0.1, 0.15) is 11.6 Å². The normalized spacial score (nSPS) is 11.8. The Morgan fingerprint density at radius 2 is 1.88 bits per heavy atom. The molecule has 0 aliphatic heterocycles. The van der Waals surface area contributed by atoms with E-state index >= 15 is 0 Å². The van der Waals surface area contributed by atoms with Gasteiger partial charge in [-0.2, -0.15) is 0 Å². The first kappa shape index (κ1) is 21.0. The minimum Gasteiger partial charge on any atom is -0.507 e. The highest BCUT2D eigenvalue weighted by Crippen LogP contribution is 2.29. The minimum atomic E-state index is -0.468. The number of phenols is 1. The van der Waals surface area contributed by atoms with Gasteiger partial charge in [-0.15, -0.1) is 0 Å². The summed E-state index contributed by atoms with van der Waals surface area (Å²) in [5.41, 5.74) is 1.69. The summed E-state index contributed by atoms with van der Waals surface area (Å²) < 4.78 is 14.0. The van der Waals surface area contributed by atoms with Crippen molar-refractivity contribution in [3.8, 4) is 17.1 Å². The lowest BCUT2D eigenvalue weighted by molar-refractivity contribution is 0.0941. The largest absolute Gasteiger partial charge is 0.507 e. The third-order valence-electron chi connectivity index (χ3n) is 4.92. The van der Waals surface area contributed by atoms with Crippen molar-refractivity contribution >= 4 is 22.5 Å². The van der Waals surface area contributed by atoms with Crippen LogP contribution in [0.4, 0.5) is 4.39 Å². The molecule has 160 valence electrons. The molecule has 0 spiro atoms. The third kappa shape index (κ3) is 4.44. The molecule has 0 radical (unpaired) electrons. The van der Waals surface area contributed by atoms with Crippen molar-refractivity contribution in [2.24, 2.45) is 0 Å².